The van der Waals surface area contributed by atoms with E-state index in [1.807, 2.05) is 0 Å². The highest BCUT2D eigenvalue weighted by Crippen LogP contribution is 1.95. The van der Waals surface area contributed by atoms with Crippen LogP contribution < -0.4 is 10.9 Å². The van der Waals surface area contributed by atoms with Crippen LogP contribution in [0.4, 0.5) is 0 Å². The smallest absolute Gasteiger partial charge is 0.334 e. The molecule has 0 radical (unpaired) electrons. The summed E-state index contributed by atoms with van der Waals surface area (Å²) in [5, 5.41) is 11.1. The molecule has 0 saturated heterocycles. The van der Waals surface area contributed by atoms with Crippen molar-refractivity contribution in [1.82, 2.24) is 9.88 Å². The number of aryl methyl sites for hydroxylation is 1. The standard InChI is InChI=1S/C11H14N2O5/c1-13-4-3-7(5-9(13)14)10(15)12-6-8(18-2)11(16)17/h3-5,8H,6H2,1-2H3,(H,12,15)(H,16,17). The summed E-state index contributed by atoms with van der Waals surface area (Å²) in [6, 6.07) is 2.65. The number of carbonyl (C=O) groups excluding carboxylic acids is 1. The summed E-state index contributed by atoms with van der Waals surface area (Å²) in [6.07, 6.45) is 0.350. The SMILES string of the molecule is COC(CNC(=O)c1ccn(C)c(=O)c1)C(=O)O. The Hall–Kier alpha value is -2.15. The van der Waals surface area contributed by atoms with E-state index in [0.717, 1.165) is 0 Å². The molecule has 0 aliphatic carbocycles. The molecule has 1 aromatic heterocycles. The Morgan fingerprint density at radius 1 is 1.56 bits per heavy atom. The van der Waals surface area contributed by atoms with Crippen LogP contribution >= 0.6 is 0 Å². The first kappa shape index (κ1) is 13.9. The summed E-state index contributed by atoms with van der Waals surface area (Å²) in [7, 11) is 2.80. The number of methoxy groups -OCH3 is 1. The Balaban J connectivity index is 2.68. The number of amides is 1. The second kappa shape index (κ2) is 5.97. The molecule has 2 N–H and O–H groups in total. The van der Waals surface area contributed by atoms with Crippen molar-refractivity contribution < 1.29 is 19.4 Å². The first-order valence-corrected chi connectivity index (χ1v) is 5.16. The molecule has 7 nitrogen and oxygen atoms in total. The highest BCUT2D eigenvalue weighted by atomic mass is 16.5. The number of hydrogen-bond donors (Lipinski definition) is 2. The lowest BCUT2D eigenvalue weighted by Crippen LogP contribution is -2.38. The van der Waals surface area contributed by atoms with Gasteiger partial charge in [0.15, 0.2) is 6.10 Å². The van der Waals surface area contributed by atoms with Gasteiger partial charge in [-0.2, -0.15) is 0 Å². The maximum absolute atomic E-state index is 11.6. The Morgan fingerprint density at radius 2 is 2.22 bits per heavy atom. The number of nitrogens with zero attached hydrogens (tertiary/aromatic N) is 1. The Labute approximate surface area is 103 Å². The molecule has 1 aromatic rings. The van der Waals surface area contributed by atoms with Crippen LogP contribution in [-0.4, -0.2) is 41.3 Å². The second-order valence-corrected chi connectivity index (χ2v) is 3.64. The molecule has 1 amide bonds. The van der Waals surface area contributed by atoms with E-state index < -0.39 is 18.0 Å². The summed E-state index contributed by atoms with van der Waals surface area (Å²) in [4.78, 5) is 33.6. The Morgan fingerprint density at radius 3 is 2.72 bits per heavy atom. The van der Waals surface area contributed by atoms with Gasteiger partial charge in [-0.05, 0) is 6.07 Å². The fraction of sp³-hybridized carbons (Fsp3) is 0.364. The van der Waals surface area contributed by atoms with Gasteiger partial charge in [-0.25, -0.2) is 4.79 Å². The van der Waals surface area contributed by atoms with Gasteiger partial charge >= 0.3 is 5.97 Å². The molecule has 0 aliphatic heterocycles. The molecule has 1 rings (SSSR count). The largest absolute Gasteiger partial charge is 0.479 e. The van der Waals surface area contributed by atoms with Crippen LogP contribution in [0.15, 0.2) is 23.1 Å². The summed E-state index contributed by atoms with van der Waals surface area (Å²) in [5.74, 6) is -1.68. The molecule has 0 saturated carbocycles. The van der Waals surface area contributed by atoms with Crippen molar-refractivity contribution >= 4 is 11.9 Å². The zero-order valence-electron chi connectivity index (χ0n) is 10.0. The molecule has 1 atom stereocenters. The number of carboxylic acid groups (broad SMARTS) is 1. The van der Waals surface area contributed by atoms with Gasteiger partial charge in [0.05, 0.1) is 6.54 Å². The number of carbonyl (C=O) groups is 2. The van der Waals surface area contributed by atoms with E-state index in [4.69, 9.17) is 5.11 Å². The van der Waals surface area contributed by atoms with E-state index in [2.05, 4.69) is 10.1 Å². The molecule has 18 heavy (non-hydrogen) atoms. The first-order chi connectivity index (χ1) is 8.45. The number of hydrogen-bond acceptors (Lipinski definition) is 4. The maximum Gasteiger partial charge on any atom is 0.334 e. The lowest BCUT2D eigenvalue weighted by Gasteiger charge is -2.11. The zero-order valence-corrected chi connectivity index (χ0v) is 10.0. The summed E-state index contributed by atoms with van der Waals surface area (Å²) in [6.45, 7) is -0.167. The molecular formula is C11H14N2O5. The van der Waals surface area contributed by atoms with Crippen molar-refractivity contribution in [3.63, 3.8) is 0 Å². The lowest BCUT2D eigenvalue weighted by molar-refractivity contribution is -0.148. The number of aromatic nitrogens is 1. The number of ether oxygens (including phenoxy) is 1. The summed E-state index contributed by atoms with van der Waals surface area (Å²) in [5.41, 5.74) is -0.137. The minimum Gasteiger partial charge on any atom is -0.479 e. The monoisotopic (exact) mass is 254 g/mol. The molecule has 98 valence electrons. The number of aliphatic carboxylic acids is 1. The molecule has 1 unspecified atom stereocenters. The number of rotatable bonds is 5. The van der Waals surface area contributed by atoms with Gasteiger partial charge in [0.25, 0.3) is 11.5 Å². The van der Waals surface area contributed by atoms with E-state index in [-0.39, 0.29) is 17.7 Å². The number of nitrogens with one attached hydrogen (secondary N) is 1. The van der Waals surface area contributed by atoms with Crippen molar-refractivity contribution in [2.75, 3.05) is 13.7 Å². The first-order valence-electron chi connectivity index (χ1n) is 5.16. The Bertz CT molecular complexity index is 508. The van der Waals surface area contributed by atoms with Gasteiger partial charge in [-0.3, -0.25) is 9.59 Å². The third-order valence-corrected chi connectivity index (χ3v) is 2.37. The van der Waals surface area contributed by atoms with Gasteiger partial charge in [-0.15, -0.1) is 0 Å². The van der Waals surface area contributed by atoms with Crippen LogP contribution in [0, 0.1) is 0 Å². The van der Waals surface area contributed by atoms with Gasteiger partial charge in [0.1, 0.15) is 0 Å². The van der Waals surface area contributed by atoms with Crippen molar-refractivity contribution in [2.24, 2.45) is 7.05 Å². The van der Waals surface area contributed by atoms with Crippen LogP contribution in [-0.2, 0) is 16.6 Å². The van der Waals surface area contributed by atoms with Crippen LogP contribution in [0.1, 0.15) is 10.4 Å². The van der Waals surface area contributed by atoms with Crippen molar-refractivity contribution in [1.29, 1.82) is 0 Å². The van der Waals surface area contributed by atoms with Crippen LogP contribution in [0.2, 0.25) is 0 Å². The quantitative estimate of drug-likeness (QED) is 0.718. The minimum atomic E-state index is -1.17. The van der Waals surface area contributed by atoms with Crippen LogP contribution in [0.25, 0.3) is 0 Å². The highest BCUT2D eigenvalue weighted by Gasteiger charge is 2.17. The average molecular weight is 254 g/mol. The second-order valence-electron chi connectivity index (χ2n) is 3.64. The molecule has 0 aromatic carbocycles. The average Bonchev–Trinajstić information content (AvgIpc) is 2.32. The van der Waals surface area contributed by atoms with Gasteiger partial charge in [-0.1, -0.05) is 0 Å². The molecule has 1 heterocycles. The predicted octanol–water partition coefficient (Wildman–Crippen LogP) is -0.785. The highest BCUT2D eigenvalue weighted by molar-refractivity contribution is 5.94. The predicted molar refractivity (Wildman–Crippen MR) is 62.4 cm³/mol. The molecule has 7 heteroatoms. The van der Waals surface area contributed by atoms with Crippen LogP contribution in [0.3, 0.4) is 0 Å². The zero-order chi connectivity index (χ0) is 13.7. The van der Waals surface area contributed by atoms with Crippen molar-refractivity contribution in [3.05, 3.63) is 34.2 Å². The molecule has 0 fully saturated rings. The molecule has 0 aliphatic rings. The normalized spacial score (nSPS) is 11.9. The van der Waals surface area contributed by atoms with Crippen molar-refractivity contribution in [3.8, 4) is 0 Å². The third kappa shape index (κ3) is 3.42. The fourth-order valence-electron chi connectivity index (χ4n) is 1.25. The minimum absolute atomic E-state index is 0.167. The molecular weight excluding hydrogens is 240 g/mol. The maximum atomic E-state index is 11.6. The van der Waals surface area contributed by atoms with Gasteiger partial charge < -0.3 is 19.7 Å². The Kier molecular flexibility index (Phi) is 4.61. The van der Waals surface area contributed by atoms with Crippen LogP contribution in [0.5, 0.6) is 0 Å². The topological polar surface area (TPSA) is 97.6 Å². The van der Waals surface area contributed by atoms with E-state index in [0.29, 0.717) is 0 Å². The summed E-state index contributed by atoms with van der Waals surface area (Å²) >= 11 is 0. The van der Waals surface area contributed by atoms with E-state index >= 15 is 0 Å². The van der Waals surface area contributed by atoms with Crippen molar-refractivity contribution in [2.45, 2.75) is 6.10 Å². The lowest BCUT2D eigenvalue weighted by atomic mass is 10.2. The van der Waals surface area contributed by atoms with Gasteiger partial charge in [0.2, 0.25) is 0 Å². The fourth-order valence-corrected chi connectivity index (χ4v) is 1.25. The molecule has 0 spiro atoms. The number of pyridine rings is 1. The molecule has 0 bridgehead atoms. The number of carboxylic acids is 1. The van der Waals surface area contributed by atoms with Gasteiger partial charge in [0, 0.05) is 32.0 Å². The van der Waals surface area contributed by atoms with E-state index in [1.54, 1.807) is 7.05 Å². The summed E-state index contributed by atoms with van der Waals surface area (Å²) < 4.78 is 5.99. The third-order valence-electron chi connectivity index (χ3n) is 2.37. The van der Waals surface area contributed by atoms with E-state index in [9.17, 15) is 14.4 Å². The van der Waals surface area contributed by atoms with E-state index in [1.165, 1.54) is 30.0 Å².